The SMILES string of the molecule is C[C@@H](CCNC(=O)CC1CCC1)NC(=O)Cc1csc2ccccc12. The second kappa shape index (κ2) is 8.48. The third-order valence-electron chi connectivity index (χ3n) is 4.92. The maximum atomic E-state index is 12.3. The summed E-state index contributed by atoms with van der Waals surface area (Å²) < 4.78 is 1.22. The standard InChI is InChI=1S/C20H26N2O2S/c1-14(9-10-21-19(23)11-15-5-4-6-15)22-20(24)12-16-13-25-18-8-3-2-7-17(16)18/h2-3,7-8,13-15H,4-6,9-12H2,1H3,(H,21,23)(H,22,24)/t14-/m0/s1. The number of carbonyl (C=O) groups excluding carboxylic acids is 2. The first-order chi connectivity index (χ1) is 12.1. The van der Waals surface area contributed by atoms with Crippen LogP contribution in [-0.4, -0.2) is 24.4 Å². The van der Waals surface area contributed by atoms with Crippen molar-refractivity contribution in [1.82, 2.24) is 10.6 Å². The van der Waals surface area contributed by atoms with Crippen LogP contribution in [-0.2, 0) is 16.0 Å². The van der Waals surface area contributed by atoms with Gasteiger partial charge in [-0.1, -0.05) is 24.6 Å². The maximum absolute atomic E-state index is 12.3. The van der Waals surface area contributed by atoms with Crippen LogP contribution in [0.15, 0.2) is 29.6 Å². The molecular formula is C20H26N2O2S. The third-order valence-corrected chi connectivity index (χ3v) is 5.93. The Kier molecular flexibility index (Phi) is 6.08. The molecule has 0 bridgehead atoms. The summed E-state index contributed by atoms with van der Waals surface area (Å²) in [5.41, 5.74) is 1.08. The van der Waals surface area contributed by atoms with Gasteiger partial charge in [0, 0.05) is 23.7 Å². The first kappa shape index (κ1) is 17.9. The van der Waals surface area contributed by atoms with Gasteiger partial charge >= 0.3 is 0 Å². The number of rotatable bonds is 8. The van der Waals surface area contributed by atoms with Gasteiger partial charge in [0.1, 0.15) is 0 Å². The average Bonchev–Trinajstić information content (AvgIpc) is 2.94. The number of fused-ring (bicyclic) bond motifs is 1. The van der Waals surface area contributed by atoms with Gasteiger partial charge in [-0.25, -0.2) is 0 Å². The molecule has 1 saturated carbocycles. The van der Waals surface area contributed by atoms with Crippen LogP contribution >= 0.6 is 11.3 Å². The van der Waals surface area contributed by atoms with Gasteiger partial charge < -0.3 is 10.6 Å². The Morgan fingerprint density at radius 2 is 2.04 bits per heavy atom. The molecule has 25 heavy (non-hydrogen) atoms. The van der Waals surface area contributed by atoms with Crippen molar-refractivity contribution in [1.29, 1.82) is 0 Å². The predicted molar refractivity (Wildman–Crippen MR) is 103 cm³/mol. The molecule has 1 fully saturated rings. The lowest BCUT2D eigenvalue weighted by Crippen LogP contribution is -2.37. The number of benzene rings is 1. The Morgan fingerprint density at radius 1 is 1.24 bits per heavy atom. The van der Waals surface area contributed by atoms with Crippen LogP contribution in [0.4, 0.5) is 0 Å². The van der Waals surface area contributed by atoms with E-state index in [1.165, 1.54) is 29.3 Å². The first-order valence-electron chi connectivity index (χ1n) is 9.13. The van der Waals surface area contributed by atoms with Crippen molar-refractivity contribution in [2.45, 2.75) is 51.5 Å². The highest BCUT2D eigenvalue weighted by atomic mass is 32.1. The minimum Gasteiger partial charge on any atom is -0.356 e. The van der Waals surface area contributed by atoms with E-state index in [2.05, 4.69) is 28.1 Å². The Morgan fingerprint density at radius 3 is 2.80 bits per heavy atom. The van der Waals surface area contributed by atoms with E-state index in [9.17, 15) is 9.59 Å². The molecule has 1 atom stereocenters. The normalized spacial score (nSPS) is 15.6. The van der Waals surface area contributed by atoms with Crippen LogP contribution in [0.1, 0.15) is 44.6 Å². The minimum atomic E-state index is 0.0387. The summed E-state index contributed by atoms with van der Waals surface area (Å²) in [4.78, 5) is 24.0. The molecule has 3 rings (SSSR count). The highest BCUT2D eigenvalue weighted by Gasteiger charge is 2.20. The molecule has 0 aliphatic heterocycles. The zero-order valence-corrected chi connectivity index (χ0v) is 15.5. The number of nitrogens with one attached hydrogen (secondary N) is 2. The van der Waals surface area contributed by atoms with Gasteiger partial charge in [-0.05, 0) is 54.5 Å². The van der Waals surface area contributed by atoms with Crippen LogP contribution < -0.4 is 10.6 Å². The van der Waals surface area contributed by atoms with Crippen molar-refractivity contribution in [3.05, 3.63) is 35.2 Å². The lowest BCUT2D eigenvalue weighted by atomic mass is 9.83. The number of thiophene rings is 1. The van der Waals surface area contributed by atoms with E-state index in [-0.39, 0.29) is 17.9 Å². The fourth-order valence-corrected chi connectivity index (χ4v) is 4.16. The van der Waals surface area contributed by atoms with Crippen LogP contribution in [0.5, 0.6) is 0 Å². The molecule has 0 saturated heterocycles. The number of hydrogen-bond donors (Lipinski definition) is 2. The van der Waals surface area contributed by atoms with Gasteiger partial charge in [0.25, 0.3) is 0 Å². The largest absolute Gasteiger partial charge is 0.356 e. The van der Waals surface area contributed by atoms with E-state index in [0.29, 0.717) is 25.3 Å². The second-order valence-electron chi connectivity index (χ2n) is 7.04. The van der Waals surface area contributed by atoms with Gasteiger partial charge in [0.15, 0.2) is 0 Å². The summed E-state index contributed by atoms with van der Waals surface area (Å²) in [5.74, 6) is 0.780. The van der Waals surface area contributed by atoms with E-state index in [1.807, 2.05) is 19.1 Å². The molecule has 5 heteroatoms. The quantitative estimate of drug-likeness (QED) is 0.757. The Bertz CT molecular complexity index is 736. The van der Waals surface area contributed by atoms with Crippen LogP contribution in [0.3, 0.4) is 0 Å². The fourth-order valence-electron chi connectivity index (χ4n) is 3.20. The molecule has 1 aromatic heterocycles. The van der Waals surface area contributed by atoms with Crippen molar-refractivity contribution < 1.29 is 9.59 Å². The van der Waals surface area contributed by atoms with Crippen molar-refractivity contribution in [2.24, 2.45) is 5.92 Å². The third kappa shape index (κ3) is 5.05. The molecule has 2 aromatic rings. The van der Waals surface area contributed by atoms with Gasteiger partial charge in [-0.3, -0.25) is 9.59 Å². The van der Waals surface area contributed by atoms with Crippen molar-refractivity contribution in [2.75, 3.05) is 6.54 Å². The summed E-state index contributed by atoms with van der Waals surface area (Å²) in [5, 5.41) is 9.23. The highest BCUT2D eigenvalue weighted by molar-refractivity contribution is 7.17. The van der Waals surface area contributed by atoms with E-state index in [4.69, 9.17) is 0 Å². The maximum Gasteiger partial charge on any atom is 0.224 e. The van der Waals surface area contributed by atoms with Crippen LogP contribution in [0.2, 0.25) is 0 Å². The zero-order chi connectivity index (χ0) is 17.6. The number of hydrogen-bond acceptors (Lipinski definition) is 3. The molecule has 0 spiro atoms. The first-order valence-corrected chi connectivity index (χ1v) is 10.0. The molecule has 0 radical (unpaired) electrons. The molecule has 1 aliphatic rings. The van der Waals surface area contributed by atoms with E-state index < -0.39 is 0 Å². The van der Waals surface area contributed by atoms with Crippen LogP contribution in [0.25, 0.3) is 10.1 Å². The molecule has 2 N–H and O–H groups in total. The number of carbonyl (C=O) groups is 2. The smallest absolute Gasteiger partial charge is 0.224 e. The molecule has 1 aliphatic carbocycles. The van der Waals surface area contributed by atoms with E-state index in [0.717, 1.165) is 12.0 Å². The minimum absolute atomic E-state index is 0.0387. The molecule has 0 unspecified atom stereocenters. The van der Waals surface area contributed by atoms with Gasteiger partial charge in [-0.2, -0.15) is 0 Å². The van der Waals surface area contributed by atoms with Crippen LogP contribution in [0, 0.1) is 5.92 Å². The fraction of sp³-hybridized carbons (Fsp3) is 0.500. The molecule has 1 heterocycles. The average molecular weight is 359 g/mol. The summed E-state index contributed by atoms with van der Waals surface area (Å²) in [6.45, 7) is 2.61. The zero-order valence-electron chi connectivity index (χ0n) is 14.7. The summed E-state index contributed by atoms with van der Waals surface area (Å²) in [7, 11) is 0. The van der Waals surface area contributed by atoms with Crippen molar-refractivity contribution in [3.8, 4) is 0 Å². The summed E-state index contributed by atoms with van der Waals surface area (Å²) in [6, 6.07) is 8.22. The second-order valence-corrected chi connectivity index (χ2v) is 7.95. The molecule has 4 nitrogen and oxygen atoms in total. The molecule has 1 aromatic carbocycles. The molecule has 2 amide bonds. The van der Waals surface area contributed by atoms with Gasteiger partial charge in [0.05, 0.1) is 6.42 Å². The molecule has 134 valence electrons. The Hall–Kier alpha value is -1.88. The highest BCUT2D eigenvalue weighted by Crippen LogP contribution is 2.29. The Labute approximate surface area is 153 Å². The summed E-state index contributed by atoms with van der Waals surface area (Å²) in [6.07, 6.45) is 5.47. The van der Waals surface area contributed by atoms with Crippen molar-refractivity contribution >= 4 is 33.2 Å². The number of amides is 2. The van der Waals surface area contributed by atoms with Gasteiger partial charge in [-0.15, -0.1) is 11.3 Å². The topological polar surface area (TPSA) is 58.2 Å². The van der Waals surface area contributed by atoms with Crippen molar-refractivity contribution in [3.63, 3.8) is 0 Å². The Balaban J connectivity index is 1.37. The lowest BCUT2D eigenvalue weighted by molar-refractivity contribution is -0.122. The summed E-state index contributed by atoms with van der Waals surface area (Å²) >= 11 is 1.68. The lowest BCUT2D eigenvalue weighted by Gasteiger charge is -2.24. The predicted octanol–water partition coefficient (Wildman–Crippen LogP) is 3.65. The van der Waals surface area contributed by atoms with E-state index in [1.54, 1.807) is 11.3 Å². The van der Waals surface area contributed by atoms with E-state index >= 15 is 0 Å². The van der Waals surface area contributed by atoms with Gasteiger partial charge in [0.2, 0.25) is 11.8 Å². The molecular weight excluding hydrogens is 332 g/mol. The monoisotopic (exact) mass is 358 g/mol.